The third-order valence-corrected chi connectivity index (χ3v) is 4.37. The number of hydrogen-bond donors (Lipinski definition) is 0. The van der Waals surface area contributed by atoms with Crippen LogP contribution in [0.4, 0.5) is 5.00 Å². The minimum absolute atomic E-state index is 0.194. The summed E-state index contributed by atoms with van der Waals surface area (Å²) >= 11 is 1.62. The molecule has 0 aliphatic carbocycles. The number of carbonyl (C=O) groups excluding carboxylic acids is 1. The molecular weight excluding hydrogens is 270 g/mol. The molecule has 1 fully saturated rings. The number of carbonyl (C=O) groups is 1. The van der Waals surface area contributed by atoms with Crippen LogP contribution in [0, 0.1) is 0 Å². The zero-order valence-corrected chi connectivity index (χ0v) is 12.1. The monoisotopic (exact) mass is 287 g/mol. The van der Waals surface area contributed by atoms with Gasteiger partial charge < -0.3 is 4.90 Å². The number of hydrogen-bond acceptors (Lipinski definition) is 4. The molecule has 3 heterocycles. The van der Waals surface area contributed by atoms with Crippen molar-refractivity contribution in [3.63, 3.8) is 0 Å². The van der Waals surface area contributed by atoms with Crippen molar-refractivity contribution in [2.75, 3.05) is 31.1 Å². The van der Waals surface area contributed by atoms with Crippen molar-refractivity contribution in [1.29, 1.82) is 0 Å². The average Bonchev–Trinajstić information content (AvgIpc) is 3.00. The van der Waals surface area contributed by atoms with Crippen molar-refractivity contribution in [3.8, 4) is 0 Å². The molecule has 5 heteroatoms. The molecule has 0 unspecified atom stereocenters. The molecule has 1 aliphatic rings. The van der Waals surface area contributed by atoms with E-state index in [4.69, 9.17) is 0 Å². The van der Waals surface area contributed by atoms with Crippen LogP contribution in [0.15, 0.2) is 41.9 Å². The number of piperazine rings is 1. The van der Waals surface area contributed by atoms with Crippen molar-refractivity contribution in [2.24, 2.45) is 0 Å². The summed E-state index contributed by atoms with van der Waals surface area (Å²) in [5.74, 6) is 0.194. The fourth-order valence-electron chi connectivity index (χ4n) is 2.39. The van der Waals surface area contributed by atoms with Crippen LogP contribution in [0.3, 0.4) is 0 Å². The third kappa shape index (κ3) is 3.05. The second kappa shape index (κ2) is 6.15. The van der Waals surface area contributed by atoms with E-state index in [-0.39, 0.29) is 5.91 Å². The highest BCUT2D eigenvalue weighted by Gasteiger charge is 2.25. The van der Waals surface area contributed by atoms with Gasteiger partial charge in [0.2, 0.25) is 5.91 Å². The molecule has 104 valence electrons. The quantitative estimate of drug-likeness (QED) is 0.863. The topological polar surface area (TPSA) is 36.4 Å². The standard InChI is InChI=1S/C15H17N3OS/c19-14-12-17(8-6-13-4-1-2-7-16-13)9-10-18(14)15-5-3-11-20-15/h1-5,7,11H,6,8-10,12H2. The van der Waals surface area contributed by atoms with Crippen molar-refractivity contribution in [3.05, 3.63) is 47.6 Å². The van der Waals surface area contributed by atoms with Crippen LogP contribution >= 0.6 is 11.3 Å². The fourth-order valence-corrected chi connectivity index (χ4v) is 3.16. The van der Waals surface area contributed by atoms with Gasteiger partial charge >= 0.3 is 0 Å². The van der Waals surface area contributed by atoms with Crippen LogP contribution < -0.4 is 4.90 Å². The van der Waals surface area contributed by atoms with Gasteiger partial charge in [0.25, 0.3) is 0 Å². The number of anilines is 1. The normalized spacial score (nSPS) is 16.6. The number of amides is 1. The van der Waals surface area contributed by atoms with Gasteiger partial charge in [-0.25, -0.2) is 0 Å². The van der Waals surface area contributed by atoms with Gasteiger partial charge in [0.15, 0.2) is 0 Å². The fraction of sp³-hybridized carbons (Fsp3) is 0.333. The van der Waals surface area contributed by atoms with Crippen molar-refractivity contribution in [1.82, 2.24) is 9.88 Å². The maximum Gasteiger partial charge on any atom is 0.241 e. The number of aromatic nitrogens is 1. The smallest absolute Gasteiger partial charge is 0.241 e. The summed E-state index contributed by atoms with van der Waals surface area (Å²) in [6, 6.07) is 9.95. The minimum Gasteiger partial charge on any atom is -0.301 e. The zero-order chi connectivity index (χ0) is 13.8. The second-order valence-electron chi connectivity index (χ2n) is 4.84. The van der Waals surface area contributed by atoms with E-state index in [0.717, 1.165) is 36.8 Å². The molecule has 4 nitrogen and oxygen atoms in total. The maximum atomic E-state index is 12.2. The molecular formula is C15H17N3OS. The van der Waals surface area contributed by atoms with E-state index in [0.29, 0.717) is 6.54 Å². The molecule has 0 aromatic carbocycles. The van der Waals surface area contributed by atoms with E-state index in [1.807, 2.05) is 46.8 Å². The van der Waals surface area contributed by atoms with Crippen LogP contribution in [-0.2, 0) is 11.2 Å². The van der Waals surface area contributed by atoms with E-state index in [1.165, 1.54) is 0 Å². The summed E-state index contributed by atoms with van der Waals surface area (Å²) in [6.45, 7) is 3.10. The lowest BCUT2D eigenvalue weighted by Crippen LogP contribution is -2.50. The Balaban J connectivity index is 1.53. The molecule has 1 aliphatic heterocycles. The average molecular weight is 287 g/mol. The highest BCUT2D eigenvalue weighted by molar-refractivity contribution is 7.14. The molecule has 1 saturated heterocycles. The predicted molar refractivity (Wildman–Crippen MR) is 81.1 cm³/mol. The van der Waals surface area contributed by atoms with Gasteiger partial charge in [0, 0.05) is 37.9 Å². The molecule has 0 atom stereocenters. The van der Waals surface area contributed by atoms with Gasteiger partial charge in [-0.1, -0.05) is 6.07 Å². The molecule has 0 saturated carbocycles. The molecule has 0 spiro atoms. The van der Waals surface area contributed by atoms with Crippen molar-refractivity contribution < 1.29 is 4.79 Å². The predicted octanol–water partition coefficient (Wildman–Crippen LogP) is 2.03. The molecule has 3 rings (SSSR count). The lowest BCUT2D eigenvalue weighted by molar-refractivity contribution is -0.121. The van der Waals surface area contributed by atoms with Crippen LogP contribution in [-0.4, -0.2) is 42.0 Å². The maximum absolute atomic E-state index is 12.2. The van der Waals surface area contributed by atoms with Gasteiger partial charge in [-0.2, -0.15) is 0 Å². The molecule has 0 N–H and O–H groups in total. The lowest BCUT2D eigenvalue weighted by atomic mass is 10.2. The van der Waals surface area contributed by atoms with E-state index < -0.39 is 0 Å². The van der Waals surface area contributed by atoms with Crippen molar-refractivity contribution in [2.45, 2.75) is 6.42 Å². The van der Waals surface area contributed by atoms with Gasteiger partial charge in [-0.15, -0.1) is 11.3 Å². The first-order valence-electron chi connectivity index (χ1n) is 6.79. The molecule has 0 radical (unpaired) electrons. The lowest BCUT2D eigenvalue weighted by Gasteiger charge is -2.33. The summed E-state index contributed by atoms with van der Waals surface area (Å²) < 4.78 is 0. The highest BCUT2D eigenvalue weighted by atomic mass is 32.1. The van der Waals surface area contributed by atoms with Crippen LogP contribution in [0.5, 0.6) is 0 Å². The van der Waals surface area contributed by atoms with Gasteiger partial charge in [0.05, 0.1) is 11.5 Å². The third-order valence-electron chi connectivity index (χ3n) is 3.48. The van der Waals surface area contributed by atoms with Crippen molar-refractivity contribution >= 4 is 22.2 Å². The number of thiophene rings is 1. The summed E-state index contributed by atoms with van der Waals surface area (Å²) in [4.78, 5) is 20.6. The van der Waals surface area contributed by atoms with E-state index in [9.17, 15) is 4.79 Å². The number of rotatable bonds is 4. The Labute approximate surface area is 122 Å². The van der Waals surface area contributed by atoms with Crippen LogP contribution in [0.25, 0.3) is 0 Å². The van der Waals surface area contributed by atoms with Gasteiger partial charge in [0.1, 0.15) is 0 Å². The Morgan fingerprint density at radius 1 is 1.20 bits per heavy atom. The summed E-state index contributed by atoms with van der Waals surface area (Å²) in [7, 11) is 0. The molecule has 2 aromatic heterocycles. The van der Waals surface area contributed by atoms with E-state index in [2.05, 4.69) is 9.88 Å². The minimum atomic E-state index is 0.194. The summed E-state index contributed by atoms with van der Waals surface area (Å²) in [6.07, 6.45) is 2.71. The Kier molecular flexibility index (Phi) is 4.08. The zero-order valence-electron chi connectivity index (χ0n) is 11.2. The Morgan fingerprint density at radius 2 is 2.15 bits per heavy atom. The highest BCUT2D eigenvalue weighted by Crippen LogP contribution is 2.23. The number of nitrogens with zero attached hydrogens (tertiary/aromatic N) is 3. The first kappa shape index (κ1) is 13.3. The molecule has 0 bridgehead atoms. The first-order chi connectivity index (χ1) is 9.83. The molecule has 1 amide bonds. The Morgan fingerprint density at radius 3 is 2.85 bits per heavy atom. The molecule has 20 heavy (non-hydrogen) atoms. The molecule has 2 aromatic rings. The summed E-state index contributed by atoms with van der Waals surface area (Å²) in [5, 5.41) is 3.06. The van der Waals surface area contributed by atoms with Gasteiger partial charge in [-0.05, 0) is 29.6 Å². The van der Waals surface area contributed by atoms with Crippen LogP contribution in [0.2, 0.25) is 0 Å². The van der Waals surface area contributed by atoms with Crippen LogP contribution in [0.1, 0.15) is 5.69 Å². The van der Waals surface area contributed by atoms with Gasteiger partial charge in [-0.3, -0.25) is 14.7 Å². The van der Waals surface area contributed by atoms with E-state index in [1.54, 1.807) is 11.3 Å². The number of pyridine rings is 1. The largest absolute Gasteiger partial charge is 0.301 e. The SMILES string of the molecule is O=C1CN(CCc2ccccn2)CCN1c1cccs1. The second-order valence-corrected chi connectivity index (χ2v) is 5.77. The Bertz CT molecular complexity index is 556. The first-order valence-corrected chi connectivity index (χ1v) is 7.67. The van der Waals surface area contributed by atoms with E-state index >= 15 is 0 Å². The Hall–Kier alpha value is -1.72. The summed E-state index contributed by atoms with van der Waals surface area (Å²) in [5.41, 5.74) is 1.08.